The first-order chi connectivity index (χ1) is 14.7. The van der Waals surface area contributed by atoms with E-state index in [1.807, 2.05) is 31.3 Å². The number of hydrogen-bond acceptors (Lipinski definition) is 4. The molecule has 2 fully saturated rings. The topological polar surface area (TPSA) is 56.2 Å². The number of rotatable bonds is 8. The monoisotopic (exact) mass is 427 g/mol. The fourth-order valence-electron chi connectivity index (χ4n) is 4.45. The molecule has 0 spiro atoms. The molecule has 0 radical (unpaired) electrons. The Labute approximate surface area is 184 Å². The van der Waals surface area contributed by atoms with Gasteiger partial charge in [0.05, 0.1) is 29.8 Å². The second kappa shape index (κ2) is 10.5. The Morgan fingerprint density at radius 2 is 2.00 bits per heavy atom. The van der Waals surface area contributed by atoms with Gasteiger partial charge in [0.25, 0.3) is 0 Å². The number of carbonyl (C=O) groups excluding carboxylic acids is 1. The van der Waals surface area contributed by atoms with E-state index in [1.165, 1.54) is 32.1 Å². The van der Waals surface area contributed by atoms with Crippen LogP contribution in [0.3, 0.4) is 0 Å². The van der Waals surface area contributed by atoms with Crippen LogP contribution in [0.2, 0.25) is 0 Å². The van der Waals surface area contributed by atoms with Gasteiger partial charge in [-0.1, -0.05) is 61.4 Å². The first-order valence-electron chi connectivity index (χ1n) is 11.4. The number of nitrogens with zero attached hydrogens (tertiary/aromatic N) is 2. The first kappa shape index (κ1) is 21.4. The Kier molecular flexibility index (Phi) is 7.50. The maximum atomic E-state index is 12.7. The zero-order chi connectivity index (χ0) is 20.8. The minimum Gasteiger partial charge on any atom is -0.376 e. The van der Waals surface area contributed by atoms with Crippen LogP contribution in [0, 0.1) is 5.92 Å². The number of amides is 1. The van der Waals surface area contributed by atoms with Crippen molar-refractivity contribution in [2.24, 2.45) is 5.92 Å². The Balaban J connectivity index is 1.44. The van der Waals surface area contributed by atoms with Crippen molar-refractivity contribution in [3.05, 3.63) is 36.5 Å². The van der Waals surface area contributed by atoms with E-state index < -0.39 is 0 Å². The van der Waals surface area contributed by atoms with Crippen molar-refractivity contribution in [3.8, 4) is 11.3 Å². The van der Waals surface area contributed by atoms with Crippen LogP contribution in [-0.4, -0.2) is 40.0 Å². The van der Waals surface area contributed by atoms with E-state index in [-0.39, 0.29) is 17.3 Å². The highest BCUT2D eigenvalue weighted by atomic mass is 32.2. The molecule has 0 bridgehead atoms. The Hall–Kier alpha value is -1.79. The molecule has 1 N–H and O–H groups in total. The van der Waals surface area contributed by atoms with Crippen LogP contribution in [-0.2, 0) is 16.1 Å². The number of imidazole rings is 1. The van der Waals surface area contributed by atoms with Gasteiger partial charge in [-0.25, -0.2) is 4.98 Å². The molecule has 1 aliphatic heterocycles. The molecule has 2 aromatic rings. The summed E-state index contributed by atoms with van der Waals surface area (Å²) in [5.74, 6) is 0.754. The molecular formula is C24H33N3O2S. The van der Waals surface area contributed by atoms with Gasteiger partial charge in [0.2, 0.25) is 5.91 Å². The summed E-state index contributed by atoms with van der Waals surface area (Å²) in [5.41, 5.74) is 2.23. The van der Waals surface area contributed by atoms with Crippen LogP contribution in [0.15, 0.2) is 41.7 Å². The Morgan fingerprint density at radius 3 is 2.73 bits per heavy atom. The highest BCUT2D eigenvalue weighted by Gasteiger charge is 2.24. The molecule has 2 atom stereocenters. The third-order valence-corrected chi connectivity index (χ3v) is 7.34. The molecule has 1 saturated carbocycles. The third kappa shape index (κ3) is 5.46. The average Bonchev–Trinajstić information content (AvgIpc) is 3.44. The number of aromatic nitrogens is 2. The lowest BCUT2D eigenvalue weighted by atomic mass is 9.89. The van der Waals surface area contributed by atoms with Crippen molar-refractivity contribution in [3.63, 3.8) is 0 Å². The lowest BCUT2D eigenvalue weighted by molar-refractivity contribution is -0.120. The molecular weight excluding hydrogens is 394 g/mol. The van der Waals surface area contributed by atoms with Crippen molar-refractivity contribution < 1.29 is 9.53 Å². The minimum absolute atomic E-state index is 0.110. The van der Waals surface area contributed by atoms with Crippen LogP contribution in [0.4, 0.5) is 0 Å². The van der Waals surface area contributed by atoms with Gasteiger partial charge in [-0.15, -0.1) is 0 Å². The van der Waals surface area contributed by atoms with Gasteiger partial charge in [-0.2, -0.15) is 0 Å². The molecule has 2 aliphatic rings. The summed E-state index contributed by atoms with van der Waals surface area (Å²) in [6, 6.07) is 10.3. The van der Waals surface area contributed by atoms with Crippen LogP contribution in [0.1, 0.15) is 51.9 Å². The predicted octanol–water partition coefficient (Wildman–Crippen LogP) is 4.91. The number of thioether (sulfide) groups is 1. The van der Waals surface area contributed by atoms with Crippen LogP contribution < -0.4 is 5.32 Å². The molecule has 5 nitrogen and oxygen atoms in total. The second-order valence-corrected chi connectivity index (χ2v) is 9.85. The third-order valence-electron chi connectivity index (χ3n) is 6.24. The van der Waals surface area contributed by atoms with E-state index in [0.717, 1.165) is 49.0 Å². The maximum absolute atomic E-state index is 12.7. The summed E-state index contributed by atoms with van der Waals surface area (Å²) in [6.07, 6.45) is 10.8. The zero-order valence-corrected chi connectivity index (χ0v) is 18.7. The van der Waals surface area contributed by atoms with Gasteiger partial charge < -0.3 is 14.6 Å². The highest BCUT2D eigenvalue weighted by molar-refractivity contribution is 8.00. The van der Waals surface area contributed by atoms with E-state index in [4.69, 9.17) is 9.72 Å². The van der Waals surface area contributed by atoms with E-state index in [9.17, 15) is 4.79 Å². The first-order valence-corrected chi connectivity index (χ1v) is 12.3. The Morgan fingerprint density at radius 1 is 1.20 bits per heavy atom. The van der Waals surface area contributed by atoms with Crippen molar-refractivity contribution in [2.45, 2.75) is 74.9 Å². The molecule has 1 saturated heterocycles. The van der Waals surface area contributed by atoms with Gasteiger partial charge >= 0.3 is 0 Å². The lowest BCUT2D eigenvalue weighted by Crippen LogP contribution is -2.35. The summed E-state index contributed by atoms with van der Waals surface area (Å²) in [6.45, 7) is 4.41. The summed E-state index contributed by atoms with van der Waals surface area (Å²) >= 11 is 1.55. The molecule has 1 amide bonds. The average molecular weight is 428 g/mol. The highest BCUT2D eigenvalue weighted by Crippen LogP contribution is 2.30. The summed E-state index contributed by atoms with van der Waals surface area (Å²) in [4.78, 5) is 17.4. The van der Waals surface area contributed by atoms with E-state index in [2.05, 4.69) is 22.0 Å². The second-order valence-electron chi connectivity index (χ2n) is 8.55. The number of benzene rings is 1. The van der Waals surface area contributed by atoms with Gasteiger partial charge in [0.15, 0.2) is 5.16 Å². The molecule has 1 aliphatic carbocycles. The zero-order valence-electron chi connectivity index (χ0n) is 17.9. The fraction of sp³-hybridized carbons (Fsp3) is 0.583. The van der Waals surface area contributed by atoms with Crippen molar-refractivity contribution in [2.75, 3.05) is 13.2 Å². The summed E-state index contributed by atoms with van der Waals surface area (Å²) in [5, 5.41) is 3.90. The fourth-order valence-corrected chi connectivity index (χ4v) is 5.37. The van der Waals surface area contributed by atoms with Crippen LogP contribution >= 0.6 is 11.8 Å². The van der Waals surface area contributed by atoms with Gasteiger partial charge in [-0.3, -0.25) is 4.79 Å². The van der Waals surface area contributed by atoms with Crippen LogP contribution in [0.5, 0.6) is 0 Å². The van der Waals surface area contributed by atoms with Crippen molar-refractivity contribution >= 4 is 17.7 Å². The molecule has 2 heterocycles. The predicted molar refractivity (Wildman–Crippen MR) is 122 cm³/mol. The van der Waals surface area contributed by atoms with E-state index in [0.29, 0.717) is 5.92 Å². The quantitative estimate of drug-likeness (QED) is 0.609. The largest absolute Gasteiger partial charge is 0.376 e. The summed E-state index contributed by atoms with van der Waals surface area (Å²) < 4.78 is 8.13. The number of nitrogens with one attached hydrogen (secondary N) is 1. The molecule has 2 unspecified atom stereocenters. The Bertz CT molecular complexity index is 811. The smallest absolute Gasteiger partial charge is 0.233 e. The molecule has 1 aromatic heterocycles. The van der Waals surface area contributed by atoms with Crippen molar-refractivity contribution in [1.82, 2.24) is 14.9 Å². The lowest BCUT2D eigenvalue weighted by Gasteiger charge is -2.22. The molecule has 6 heteroatoms. The molecule has 1 aromatic carbocycles. The molecule has 30 heavy (non-hydrogen) atoms. The number of carbonyl (C=O) groups is 1. The van der Waals surface area contributed by atoms with Gasteiger partial charge in [0.1, 0.15) is 0 Å². The van der Waals surface area contributed by atoms with Gasteiger partial charge in [-0.05, 0) is 44.1 Å². The molecule has 162 valence electrons. The molecule has 4 rings (SSSR count). The normalized spacial score (nSPS) is 20.9. The van der Waals surface area contributed by atoms with Crippen LogP contribution in [0.25, 0.3) is 11.3 Å². The summed E-state index contributed by atoms with van der Waals surface area (Å²) in [7, 11) is 0. The van der Waals surface area contributed by atoms with Crippen molar-refractivity contribution in [1.29, 1.82) is 0 Å². The SMILES string of the molecule is CC(Sc1ncc(-c2ccccc2)n1CC1CCCO1)C(=O)NCC1CCCCC1. The number of hydrogen-bond donors (Lipinski definition) is 1. The maximum Gasteiger partial charge on any atom is 0.233 e. The minimum atomic E-state index is -0.178. The van der Waals surface area contributed by atoms with E-state index >= 15 is 0 Å². The number of ether oxygens (including phenoxy) is 1. The van der Waals surface area contributed by atoms with E-state index in [1.54, 1.807) is 11.8 Å². The van der Waals surface area contributed by atoms with Gasteiger partial charge in [0, 0.05) is 13.2 Å². The standard InChI is InChI=1S/C24H33N3O2S/c1-18(23(28)25-15-19-9-4-2-5-10-19)30-24-26-16-22(20-11-6-3-7-12-20)27(24)17-21-13-8-14-29-21/h3,6-7,11-12,16,18-19,21H,2,4-5,8-10,13-15,17H2,1H3,(H,25,28).